The van der Waals surface area contributed by atoms with Crippen molar-refractivity contribution in [3.05, 3.63) is 22.3 Å². The second-order valence-corrected chi connectivity index (χ2v) is 5.09. The lowest BCUT2D eigenvalue weighted by atomic mass is 9.81. The van der Waals surface area contributed by atoms with Gasteiger partial charge in [-0.1, -0.05) is 0 Å². The molecule has 16 heavy (non-hydrogen) atoms. The summed E-state index contributed by atoms with van der Waals surface area (Å²) in [6.07, 6.45) is 8.96. The van der Waals surface area contributed by atoms with Crippen LogP contribution in [0.3, 0.4) is 0 Å². The molecule has 1 aromatic carbocycles. The number of nitrogen functional groups attached to an aromatic ring is 1. The molecule has 0 aliphatic heterocycles. The number of benzene rings is 1. The predicted octanol–water partition coefficient (Wildman–Crippen LogP) is 2.73. The first-order valence-corrected chi connectivity index (χ1v) is 6.43. The molecule has 0 aromatic heterocycles. The Morgan fingerprint density at radius 1 is 0.688 bits per heavy atom. The summed E-state index contributed by atoms with van der Waals surface area (Å²) < 4.78 is 0. The SMILES string of the molecule is Nc1c2c(c(O)c3c1CCCC3)CCCC2. The van der Waals surface area contributed by atoms with Crippen LogP contribution in [-0.4, -0.2) is 5.11 Å². The van der Waals surface area contributed by atoms with E-state index in [9.17, 15) is 5.11 Å². The van der Waals surface area contributed by atoms with Crippen molar-refractivity contribution in [3.63, 3.8) is 0 Å². The summed E-state index contributed by atoms with van der Waals surface area (Å²) in [4.78, 5) is 0. The average molecular weight is 217 g/mol. The molecule has 0 radical (unpaired) electrons. The van der Waals surface area contributed by atoms with E-state index in [0.29, 0.717) is 5.75 Å². The number of rotatable bonds is 0. The fourth-order valence-corrected chi connectivity index (χ4v) is 3.29. The minimum atomic E-state index is 0.582. The van der Waals surface area contributed by atoms with Crippen LogP contribution in [0.2, 0.25) is 0 Å². The van der Waals surface area contributed by atoms with Crippen molar-refractivity contribution in [1.29, 1.82) is 0 Å². The van der Waals surface area contributed by atoms with Crippen molar-refractivity contribution in [1.82, 2.24) is 0 Å². The summed E-state index contributed by atoms with van der Waals surface area (Å²) in [6, 6.07) is 0. The molecule has 2 nitrogen and oxygen atoms in total. The summed E-state index contributed by atoms with van der Waals surface area (Å²) in [6.45, 7) is 0. The monoisotopic (exact) mass is 217 g/mol. The van der Waals surface area contributed by atoms with E-state index in [-0.39, 0.29) is 0 Å². The number of hydrogen-bond acceptors (Lipinski definition) is 2. The second kappa shape index (κ2) is 3.69. The van der Waals surface area contributed by atoms with Gasteiger partial charge in [-0.15, -0.1) is 0 Å². The third kappa shape index (κ3) is 1.32. The highest BCUT2D eigenvalue weighted by Crippen LogP contribution is 2.42. The highest BCUT2D eigenvalue weighted by atomic mass is 16.3. The largest absolute Gasteiger partial charge is 0.507 e. The lowest BCUT2D eigenvalue weighted by Crippen LogP contribution is -2.14. The number of phenolic OH excluding ortho intramolecular Hbond substituents is 1. The van der Waals surface area contributed by atoms with Gasteiger partial charge in [0.1, 0.15) is 5.75 Å². The standard InChI is InChI=1S/C14H19NO/c15-13-9-5-1-3-7-11(9)14(16)12-8-4-2-6-10(12)13/h16H,1-8,15H2. The van der Waals surface area contributed by atoms with Crippen molar-refractivity contribution in [2.24, 2.45) is 0 Å². The van der Waals surface area contributed by atoms with E-state index in [1.807, 2.05) is 0 Å². The molecule has 0 fully saturated rings. The normalized spacial score (nSPS) is 19.0. The van der Waals surface area contributed by atoms with Crippen LogP contribution in [0, 0.1) is 0 Å². The van der Waals surface area contributed by atoms with E-state index < -0.39 is 0 Å². The molecule has 0 amide bonds. The molecule has 1 aromatic rings. The van der Waals surface area contributed by atoms with Crippen LogP contribution in [0.1, 0.15) is 47.9 Å². The third-order valence-electron chi connectivity index (χ3n) is 4.16. The quantitative estimate of drug-likeness (QED) is 0.518. The Morgan fingerprint density at radius 2 is 1.06 bits per heavy atom. The molecule has 3 N–H and O–H groups in total. The number of phenols is 1. The highest BCUT2D eigenvalue weighted by Gasteiger charge is 2.24. The van der Waals surface area contributed by atoms with E-state index in [4.69, 9.17) is 5.73 Å². The first-order valence-electron chi connectivity index (χ1n) is 6.43. The second-order valence-electron chi connectivity index (χ2n) is 5.09. The lowest BCUT2D eigenvalue weighted by molar-refractivity contribution is 0.449. The molecule has 86 valence electrons. The van der Waals surface area contributed by atoms with Gasteiger partial charge in [0.05, 0.1) is 0 Å². The molecule has 0 unspecified atom stereocenters. The van der Waals surface area contributed by atoms with E-state index in [1.165, 1.54) is 36.8 Å². The zero-order chi connectivity index (χ0) is 11.1. The Kier molecular flexibility index (Phi) is 2.31. The Labute approximate surface area is 96.5 Å². The molecular weight excluding hydrogens is 198 g/mol. The smallest absolute Gasteiger partial charge is 0.122 e. The number of anilines is 1. The van der Waals surface area contributed by atoms with Gasteiger partial charge in [-0.05, 0) is 73.6 Å². The van der Waals surface area contributed by atoms with Crippen molar-refractivity contribution < 1.29 is 5.11 Å². The van der Waals surface area contributed by atoms with Crippen molar-refractivity contribution in [2.45, 2.75) is 51.4 Å². The summed E-state index contributed by atoms with van der Waals surface area (Å²) in [7, 11) is 0. The predicted molar refractivity (Wildman–Crippen MR) is 65.8 cm³/mol. The Bertz CT molecular complexity index is 359. The van der Waals surface area contributed by atoms with Crippen LogP contribution in [0.5, 0.6) is 5.75 Å². The van der Waals surface area contributed by atoms with Crippen LogP contribution >= 0.6 is 0 Å². The molecule has 0 saturated heterocycles. The number of fused-ring (bicyclic) bond motifs is 2. The topological polar surface area (TPSA) is 46.2 Å². The summed E-state index contributed by atoms with van der Waals surface area (Å²) in [5.74, 6) is 0.582. The third-order valence-corrected chi connectivity index (χ3v) is 4.16. The fraction of sp³-hybridized carbons (Fsp3) is 0.571. The van der Waals surface area contributed by atoms with Gasteiger partial charge in [0, 0.05) is 5.69 Å². The minimum Gasteiger partial charge on any atom is -0.507 e. The van der Waals surface area contributed by atoms with Crippen LogP contribution in [0.15, 0.2) is 0 Å². The van der Waals surface area contributed by atoms with Gasteiger partial charge in [0.15, 0.2) is 0 Å². The first kappa shape index (κ1) is 10.0. The number of hydrogen-bond donors (Lipinski definition) is 2. The lowest BCUT2D eigenvalue weighted by Gasteiger charge is -2.27. The Morgan fingerprint density at radius 3 is 1.50 bits per heavy atom. The average Bonchev–Trinajstić information content (AvgIpc) is 2.36. The van der Waals surface area contributed by atoms with Crippen molar-refractivity contribution in [3.8, 4) is 5.75 Å². The van der Waals surface area contributed by atoms with Gasteiger partial charge >= 0.3 is 0 Å². The van der Waals surface area contributed by atoms with Gasteiger partial charge in [-0.3, -0.25) is 0 Å². The van der Waals surface area contributed by atoms with Crippen LogP contribution < -0.4 is 5.73 Å². The molecular formula is C14H19NO. The summed E-state index contributed by atoms with van der Waals surface area (Å²) >= 11 is 0. The molecule has 0 atom stereocenters. The molecule has 3 rings (SSSR count). The molecule has 0 heterocycles. The Balaban J connectivity index is 2.24. The van der Waals surface area contributed by atoms with Crippen molar-refractivity contribution in [2.75, 3.05) is 5.73 Å². The molecule has 0 bridgehead atoms. The Hall–Kier alpha value is -1.18. The van der Waals surface area contributed by atoms with Gasteiger partial charge in [0.25, 0.3) is 0 Å². The first-order chi connectivity index (χ1) is 7.79. The van der Waals surface area contributed by atoms with E-state index >= 15 is 0 Å². The van der Waals surface area contributed by atoms with Crippen LogP contribution in [-0.2, 0) is 25.7 Å². The zero-order valence-electron chi connectivity index (χ0n) is 9.68. The van der Waals surface area contributed by atoms with Gasteiger partial charge in [0.2, 0.25) is 0 Å². The fourth-order valence-electron chi connectivity index (χ4n) is 3.29. The molecule has 2 heteroatoms. The maximum atomic E-state index is 10.3. The van der Waals surface area contributed by atoms with E-state index in [2.05, 4.69) is 0 Å². The molecule has 0 spiro atoms. The zero-order valence-corrected chi connectivity index (χ0v) is 9.68. The molecule has 0 saturated carbocycles. The summed E-state index contributed by atoms with van der Waals surface area (Å²) in [5, 5.41) is 10.3. The van der Waals surface area contributed by atoms with E-state index in [0.717, 1.165) is 42.5 Å². The van der Waals surface area contributed by atoms with E-state index in [1.54, 1.807) is 0 Å². The van der Waals surface area contributed by atoms with Crippen LogP contribution in [0.4, 0.5) is 5.69 Å². The maximum Gasteiger partial charge on any atom is 0.122 e. The maximum absolute atomic E-state index is 10.3. The van der Waals surface area contributed by atoms with Gasteiger partial charge in [-0.25, -0.2) is 0 Å². The summed E-state index contributed by atoms with van der Waals surface area (Å²) in [5.41, 5.74) is 12.1. The van der Waals surface area contributed by atoms with Crippen LogP contribution in [0.25, 0.3) is 0 Å². The van der Waals surface area contributed by atoms with Gasteiger partial charge < -0.3 is 10.8 Å². The number of nitrogens with two attached hydrogens (primary N) is 1. The van der Waals surface area contributed by atoms with Gasteiger partial charge in [-0.2, -0.15) is 0 Å². The number of aromatic hydroxyl groups is 1. The van der Waals surface area contributed by atoms with Crippen molar-refractivity contribution >= 4 is 5.69 Å². The molecule has 2 aliphatic rings. The minimum absolute atomic E-state index is 0.582. The highest BCUT2D eigenvalue weighted by molar-refractivity contribution is 5.67. The molecule has 2 aliphatic carbocycles.